The number of nitrogens with two attached hydrogens (primary N) is 1. The number of thioether (sulfide) groups is 1. The van der Waals surface area contributed by atoms with Crippen LogP contribution in [-0.2, 0) is 0 Å². The average Bonchev–Trinajstić information content (AvgIpc) is 2.29. The van der Waals surface area contributed by atoms with E-state index in [1.54, 1.807) is 11.8 Å². The van der Waals surface area contributed by atoms with E-state index in [2.05, 4.69) is 6.92 Å². The van der Waals surface area contributed by atoms with E-state index >= 15 is 0 Å². The van der Waals surface area contributed by atoms with Gasteiger partial charge in [-0.2, -0.15) is 24.9 Å². The fourth-order valence-electron chi connectivity index (χ4n) is 1.96. The molecule has 0 amide bonds. The Kier molecular flexibility index (Phi) is 9.07. The number of halogens is 3. The van der Waals surface area contributed by atoms with Crippen molar-refractivity contribution in [3.8, 4) is 0 Å². The number of nitrogens with zero attached hydrogens (tertiary/aromatic N) is 1. The lowest BCUT2D eigenvalue weighted by molar-refractivity contribution is -0.178. The van der Waals surface area contributed by atoms with Gasteiger partial charge in [-0.1, -0.05) is 6.92 Å². The molecule has 0 fully saturated rings. The van der Waals surface area contributed by atoms with Crippen molar-refractivity contribution >= 4 is 11.8 Å². The van der Waals surface area contributed by atoms with Gasteiger partial charge in [-0.3, -0.25) is 0 Å². The van der Waals surface area contributed by atoms with Crippen molar-refractivity contribution in [3.63, 3.8) is 0 Å². The van der Waals surface area contributed by atoms with Crippen LogP contribution in [0.5, 0.6) is 0 Å². The Morgan fingerprint density at radius 1 is 1.28 bits per heavy atom. The molecule has 0 saturated carbocycles. The third-order valence-corrected chi connectivity index (χ3v) is 3.98. The first-order valence-electron chi connectivity index (χ1n) is 6.32. The zero-order valence-electron chi connectivity index (χ0n) is 11.5. The van der Waals surface area contributed by atoms with Gasteiger partial charge in [0.25, 0.3) is 0 Å². The topological polar surface area (TPSA) is 29.3 Å². The van der Waals surface area contributed by atoms with E-state index in [9.17, 15) is 13.2 Å². The molecule has 2 N–H and O–H groups in total. The second-order valence-corrected chi connectivity index (χ2v) is 5.51. The van der Waals surface area contributed by atoms with Crippen molar-refractivity contribution in [2.45, 2.75) is 38.4 Å². The third kappa shape index (κ3) is 6.85. The van der Waals surface area contributed by atoms with Crippen molar-refractivity contribution < 1.29 is 13.2 Å². The lowest BCUT2D eigenvalue weighted by Crippen LogP contribution is -2.36. The lowest BCUT2D eigenvalue weighted by Gasteiger charge is -2.29. The van der Waals surface area contributed by atoms with Crippen LogP contribution in [0.4, 0.5) is 13.2 Å². The molecule has 0 aromatic heterocycles. The van der Waals surface area contributed by atoms with Gasteiger partial charge in [0.15, 0.2) is 0 Å². The highest BCUT2D eigenvalue weighted by Crippen LogP contribution is 2.31. The zero-order chi connectivity index (χ0) is 14.2. The molecular weight excluding hydrogens is 261 g/mol. The van der Waals surface area contributed by atoms with Gasteiger partial charge in [0.05, 0.1) is 5.92 Å². The molecule has 2 atom stereocenters. The lowest BCUT2D eigenvalue weighted by atomic mass is 10.00. The van der Waals surface area contributed by atoms with Crippen LogP contribution in [0, 0.1) is 5.92 Å². The number of hydrogen-bond donors (Lipinski definition) is 1. The van der Waals surface area contributed by atoms with Gasteiger partial charge < -0.3 is 10.6 Å². The van der Waals surface area contributed by atoms with E-state index in [0.717, 1.165) is 12.2 Å². The number of alkyl halides is 3. The molecule has 6 heteroatoms. The quantitative estimate of drug-likeness (QED) is 0.706. The minimum absolute atomic E-state index is 0.0245. The molecule has 110 valence electrons. The first kappa shape index (κ1) is 18.1. The normalized spacial score (nSPS) is 16.0. The zero-order valence-corrected chi connectivity index (χ0v) is 12.3. The predicted molar refractivity (Wildman–Crippen MR) is 72.9 cm³/mol. The maximum absolute atomic E-state index is 12.7. The SMILES string of the molecule is CCC(CSC)N(C)CCC(CCN)C(F)(F)F. The Morgan fingerprint density at radius 2 is 1.89 bits per heavy atom. The summed E-state index contributed by atoms with van der Waals surface area (Å²) < 4.78 is 38.1. The summed E-state index contributed by atoms with van der Waals surface area (Å²) in [5.41, 5.74) is 5.25. The summed E-state index contributed by atoms with van der Waals surface area (Å²) in [6, 6.07) is 0.353. The van der Waals surface area contributed by atoms with Gasteiger partial charge in [0.2, 0.25) is 0 Å². The molecule has 18 heavy (non-hydrogen) atoms. The van der Waals surface area contributed by atoms with Crippen LogP contribution in [-0.4, -0.2) is 49.3 Å². The highest BCUT2D eigenvalue weighted by Gasteiger charge is 2.38. The highest BCUT2D eigenvalue weighted by atomic mass is 32.2. The summed E-state index contributed by atoms with van der Waals surface area (Å²) in [5, 5.41) is 0. The maximum Gasteiger partial charge on any atom is 0.391 e. The Morgan fingerprint density at radius 3 is 2.28 bits per heavy atom. The van der Waals surface area contributed by atoms with E-state index in [0.29, 0.717) is 12.6 Å². The molecule has 0 spiro atoms. The fraction of sp³-hybridized carbons (Fsp3) is 1.00. The van der Waals surface area contributed by atoms with Crippen LogP contribution in [0.15, 0.2) is 0 Å². The minimum atomic E-state index is -4.12. The summed E-state index contributed by atoms with van der Waals surface area (Å²) in [5.74, 6) is -0.308. The van der Waals surface area contributed by atoms with Crippen molar-refractivity contribution in [2.24, 2.45) is 11.7 Å². The highest BCUT2D eigenvalue weighted by molar-refractivity contribution is 7.98. The van der Waals surface area contributed by atoms with Crippen LogP contribution < -0.4 is 5.73 Å². The van der Waals surface area contributed by atoms with Gasteiger partial charge in [-0.25, -0.2) is 0 Å². The van der Waals surface area contributed by atoms with E-state index in [-0.39, 0.29) is 19.4 Å². The van der Waals surface area contributed by atoms with Gasteiger partial charge in [-0.15, -0.1) is 0 Å². The van der Waals surface area contributed by atoms with Crippen molar-refractivity contribution in [3.05, 3.63) is 0 Å². The average molecular weight is 286 g/mol. The molecule has 0 rings (SSSR count). The summed E-state index contributed by atoms with van der Waals surface area (Å²) in [7, 11) is 1.90. The summed E-state index contributed by atoms with van der Waals surface area (Å²) >= 11 is 1.73. The summed E-state index contributed by atoms with van der Waals surface area (Å²) in [6.45, 7) is 2.64. The smallest absolute Gasteiger partial charge is 0.330 e. The second-order valence-electron chi connectivity index (χ2n) is 4.60. The predicted octanol–water partition coefficient (Wildman–Crippen LogP) is 2.98. The van der Waals surface area contributed by atoms with Gasteiger partial charge in [0, 0.05) is 11.8 Å². The largest absolute Gasteiger partial charge is 0.391 e. The van der Waals surface area contributed by atoms with E-state index in [1.807, 2.05) is 18.2 Å². The summed E-state index contributed by atoms with van der Waals surface area (Å²) in [4.78, 5) is 2.03. The minimum Gasteiger partial charge on any atom is -0.330 e. The molecule has 0 aromatic carbocycles. The van der Waals surface area contributed by atoms with Gasteiger partial charge in [0.1, 0.15) is 0 Å². The molecule has 0 aromatic rings. The van der Waals surface area contributed by atoms with Gasteiger partial charge in [-0.05, 0) is 45.7 Å². The molecule has 0 aliphatic carbocycles. The molecular formula is C12H25F3N2S. The standard InChI is InChI=1S/C12H25F3N2S/c1-4-11(9-18-3)17(2)8-6-10(5-7-16)12(13,14)15/h10-11H,4-9,16H2,1-3H3. The van der Waals surface area contributed by atoms with Crippen molar-refractivity contribution in [1.29, 1.82) is 0 Å². The van der Waals surface area contributed by atoms with Crippen LogP contribution in [0.25, 0.3) is 0 Å². The Balaban J connectivity index is 4.25. The summed E-state index contributed by atoms with van der Waals surface area (Å²) in [6.07, 6.45) is -0.978. The van der Waals surface area contributed by atoms with Crippen LogP contribution >= 0.6 is 11.8 Å². The Hall–Kier alpha value is 0.0600. The molecule has 0 aliphatic rings. The number of hydrogen-bond acceptors (Lipinski definition) is 3. The Bertz CT molecular complexity index is 212. The first-order valence-corrected chi connectivity index (χ1v) is 7.72. The Labute approximate surface area is 112 Å². The molecule has 2 unspecified atom stereocenters. The molecule has 0 aliphatic heterocycles. The van der Waals surface area contributed by atoms with E-state index < -0.39 is 12.1 Å². The molecule has 0 radical (unpaired) electrons. The molecule has 0 heterocycles. The molecule has 2 nitrogen and oxygen atoms in total. The van der Waals surface area contributed by atoms with E-state index in [1.165, 1.54) is 0 Å². The fourth-order valence-corrected chi connectivity index (χ4v) is 2.84. The van der Waals surface area contributed by atoms with Crippen molar-refractivity contribution in [1.82, 2.24) is 4.90 Å². The van der Waals surface area contributed by atoms with Crippen LogP contribution in [0.3, 0.4) is 0 Å². The van der Waals surface area contributed by atoms with Crippen LogP contribution in [0.1, 0.15) is 26.2 Å². The monoisotopic (exact) mass is 286 g/mol. The number of rotatable bonds is 9. The maximum atomic E-state index is 12.7. The van der Waals surface area contributed by atoms with E-state index in [4.69, 9.17) is 5.73 Å². The molecule has 0 bridgehead atoms. The molecule has 0 saturated heterocycles. The van der Waals surface area contributed by atoms with Crippen LogP contribution in [0.2, 0.25) is 0 Å². The third-order valence-electron chi connectivity index (χ3n) is 3.26. The van der Waals surface area contributed by atoms with Gasteiger partial charge >= 0.3 is 6.18 Å². The first-order chi connectivity index (χ1) is 8.36. The second kappa shape index (κ2) is 9.04. The van der Waals surface area contributed by atoms with Crippen molar-refractivity contribution in [2.75, 3.05) is 32.1 Å².